The predicted octanol–water partition coefficient (Wildman–Crippen LogP) is 3.77. The molecule has 0 fully saturated rings. The van der Waals surface area contributed by atoms with Gasteiger partial charge in [0, 0.05) is 29.9 Å². The van der Waals surface area contributed by atoms with Gasteiger partial charge in [0.1, 0.15) is 4.99 Å². The fraction of sp³-hybridized carbons (Fsp3) is 0.250. The largest absolute Gasteiger partial charge is 0.490 e. The van der Waals surface area contributed by atoms with Gasteiger partial charge in [0.15, 0.2) is 11.5 Å². The molecule has 2 heterocycles. The van der Waals surface area contributed by atoms with Gasteiger partial charge in [-0.1, -0.05) is 30.4 Å². The molecule has 0 atom stereocenters. The van der Waals surface area contributed by atoms with Crippen LogP contribution in [0.1, 0.15) is 17.5 Å². The number of anilines is 1. The maximum Gasteiger partial charge on any atom is 0.161 e. The summed E-state index contributed by atoms with van der Waals surface area (Å²) in [5.74, 6) is 1.66. The van der Waals surface area contributed by atoms with E-state index in [-0.39, 0.29) is 0 Å². The highest BCUT2D eigenvalue weighted by molar-refractivity contribution is 7.81. The van der Waals surface area contributed by atoms with Gasteiger partial charge in [0.05, 0.1) is 13.2 Å². The number of hydrogen-bond donors (Lipinski definition) is 2. The molecule has 2 aliphatic rings. The van der Waals surface area contributed by atoms with Crippen LogP contribution in [0.3, 0.4) is 0 Å². The Bertz CT molecular complexity index is 818. The third-order valence-corrected chi connectivity index (χ3v) is 4.51. The van der Waals surface area contributed by atoms with Crippen LogP contribution in [0.4, 0.5) is 5.69 Å². The van der Waals surface area contributed by atoms with Crippen LogP contribution in [0.15, 0.2) is 48.5 Å². The lowest BCUT2D eigenvalue weighted by molar-refractivity contribution is 0.297. The minimum atomic E-state index is 0.675. The molecule has 0 spiro atoms. The van der Waals surface area contributed by atoms with E-state index in [1.54, 1.807) is 0 Å². The molecule has 0 saturated heterocycles. The Morgan fingerprint density at radius 3 is 2.64 bits per heavy atom. The average molecular weight is 352 g/mol. The highest BCUT2D eigenvalue weighted by atomic mass is 32.1. The van der Waals surface area contributed by atoms with Crippen LogP contribution in [0.2, 0.25) is 0 Å². The Morgan fingerprint density at radius 2 is 1.84 bits per heavy atom. The first-order chi connectivity index (χ1) is 12.3. The van der Waals surface area contributed by atoms with Crippen LogP contribution in [0.25, 0.3) is 5.70 Å². The molecule has 2 N–H and O–H groups in total. The zero-order valence-electron chi connectivity index (χ0n) is 13.9. The molecule has 5 heteroatoms. The van der Waals surface area contributed by atoms with Crippen molar-refractivity contribution in [1.29, 1.82) is 0 Å². The third-order valence-electron chi connectivity index (χ3n) is 4.29. The summed E-state index contributed by atoms with van der Waals surface area (Å²) in [7, 11) is 0. The lowest BCUT2D eigenvalue weighted by Gasteiger charge is -2.23. The van der Waals surface area contributed by atoms with E-state index in [1.165, 1.54) is 5.56 Å². The topological polar surface area (TPSA) is 42.5 Å². The van der Waals surface area contributed by atoms with Crippen LogP contribution in [0.5, 0.6) is 11.5 Å². The van der Waals surface area contributed by atoms with Gasteiger partial charge in [-0.2, -0.15) is 0 Å². The molecular formula is C20H20N2O2S. The van der Waals surface area contributed by atoms with Crippen LogP contribution in [-0.4, -0.2) is 24.7 Å². The van der Waals surface area contributed by atoms with E-state index < -0.39 is 0 Å². The second-order valence-corrected chi connectivity index (χ2v) is 6.54. The summed E-state index contributed by atoms with van der Waals surface area (Å²) in [5.41, 5.74) is 4.40. The van der Waals surface area contributed by atoms with Crippen LogP contribution in [-0.2, 0) is 6.42 Å². The van der Waals surface area contributed by atoms with Crippen molar-refractivity contribution in [3.63, 3.8) is 0 Å². The normalized spacial score (nSPS) is 17.2. The van der Waals surface area contributed by atoms with Gasteiger partial charge in [-0.05, 0) is 42.3 Å². The van der Waals surface area contributed by atoms with E-state index in [0.717, 1.165) is 47.8 Å². The number of benzene rings is 2. The minimum Gasteiger partial charge on any atom is -0.490 e. The Kier molecular flexibility index (Phi) is 4.57. The summed E-state index contributed by atoms with van der Waals surface area (Å²) in [6.45, 7) is 2.27. The lowest BCUT2D eigenvalue weighted by atomic mass is 9.97. The van der Waals surface area contributed by atoms with Crippen molar-refractivity contribution < 1.29 is 9.47 Å². The molecule has 0 aromatic heterocycles. The maximum atomic E-state index is 5.84. The highest BCUT2D eigenvalue weighted by Gasteiger charge is 2.20. The maximum absolute atomic E-state index is 5.84. The first kappa shape index (κ1) is 16.0. The van der Waals surface area contributed by atoms with Crippen molar-refractivity contribution in [2.45, 2.75) is 12.8 Å². The Labute approximate surface area is 152 Å². The number of para-hydroxylation sites is 1. The SMILES string of the molecule is S=C(C=C1NCCc2cc3c(cc21)OCCCO3)Nc1ccccc1. The van der Waals surface area contributed by atoms with Crippen LogP contribution >= 0.6 is 12.2 Å². The fourth-order valence-corrected chi connectivity index (χ4v) is 3.33. The molecule has 0 aliphatic carbocycles. The van der Waals surface area contributed by atoms with Gasteiger partial charge in [-0.15, -0.1) is 0 Å². The Balaban J connectivity index is 1.62. The van der Waals surface area contributed by atoms with E-state index >= 15 is 0 Å². The average Bonchev–Trinajstić information content (AvgIpc) is 2.86. The van der Waals surface area contributed by atoms with Gasteiger partial charge >= 0.3 is 0 Å². The van der Waals surface area contributed by atoms with Gasteiger partial charge in [0.25, 0.3) is 0 Å². The smallest absolute Gasteiger partial charge is 0.161 e. The Morgan fingerprint density at radius 1 is 1.08 bits per heavy atom. The van der Waals surface area contributed by atoms with Gasteiger partial charge in [-0.25, -0.2) is 0 Å². The number of rotatable bonds is 2. The fourth-order valence-electron chi connectivity index (χ4n) is 3.10. The molecule has 128 valence electrons. The molecule has 2 aliphatic heterocycles. The minimum absolute atomic E-state index is 0.675. The molecule has 4 nitrogen and oxygen atoms in total. The van der Waals surface area contributed by atoms with Gasteiger partial charge in [0.2, 0.25) is 0 Å². The van der Waals surface area contributed by atoms with E-state index in [9.17, 15) is 0 Å². The summed E-state index contributed by atoms with van der Waals surface area (Å²) in [6.07, 6.45) is 3.85. The van der Waals surface area contributed by atoms with E-state index in [1.807, 2.05) is 36.4 Å². The molecule has 0 amide bonds. The van der Waals surface area contributed by atoms with Crippen molar-refractivity contribution in [2.24, 2.45) is 0 Å². The highest BCUT2D eigenvalue weighted by Crippen LogP contribution is 2.36. The zero-order chi connectivity index (χ0) is 17.1. The van der Waals surface area contributed by atoms with Gasteiger partial charge < -0.3 is 20.1 Å². The van der Waals surface area contributed by atoms with Crippen molar-refractivity contribution in [1.82, 2.24) is 5.32 Å². The zero-order valence-corrected chi connectivity index (χ0v) is 14.7. The van der Waals surface area contributed by atoms with Crippen molar-refractivity contribution in [2.75, 3.05) is 25.1 Å². The predicted molar refractivity (Wildman–Crippen MR) is 104 cm³/mol. The molecule has 0 saturated carbocycles. The molecule has 0 radical (unpaired) electrons. The third kappa shape index (κ3) is 3.61. The first-order valence-corrected chi connectivity index (χ1v) is 8.95. The van der Waals surface area contributed by atoms with Crippen LogP contribution in [0, 0.1) is 0 Å². The number of thiocarbonyl (C=S) groups is 1. The summed E-state index contributed by atoms with van der Waals surface area (Å²) in [5, 5.41) is 6.70. The summed E-state index contributed by atoms with van der Waals surface area (Å²) >= 11 is 5.51. The Hall–Kier alpha value is -2.53. The van der Waals surface area contributed by atoms with Crippen molar-refractivity contribution >= 4 is 28.6 Å². The molecule has 2 aromatic carbocycles. The number of fused-ring (bicyclic) bond motifs is 2. The van der Waals surface area contributed by atoms with E-state index in [4.69, 9.17) is 21.7 Å². The van der Waals surface area contributed by atoms with Crippen molar-refractivity contribution in [3.8, 4) is 11.5 Å². The lowest BCUT2D eigenvalue weighted by Crippen LogP contribution is -2.24. The molecule has 0 unspecified atom stereocenters. The molecule has 0 bridgehead atoms. The standard InChI is InChI=1S/C20H20N2O2S/c25-20(22-15-5-2-1-3-6-15)13-17-16-12-19-18(23-9-4-10-24-19)11-14(16)7-8-21-17/h1-3,5-6,11-13,21H,4,7-10H2,(H,22,25). The van der Waals surface area contributed by atoms with Gasteiger partial charge in [-0.3, -0.25) is 0 Å². The van der Waals surface area contributed by atoms with E-state index in [0.29, 0.717) is 18.2 Å². The molecule has 25 heavy (non-hydrogen) atoms. The van der Waals surface area contributed by atoms with E-state index in [2.05, 4.69) is 22.8 Å². The number of nitrogens with one attached hydrogen (secondary N) is 2. The summed E-state index contributed by atoms with van der Waals surface area (Å²) < 4.78 is 11.6. The second kappa shape index (κ2) is 7.15. The quantitative estimate of drug-likeness (QED) is 0.636. The first-order valence-electron chi connectivity index (χ1n) is 8.54. The second-order valence-electron chi connectivity index (χ2n) is 6.10. The van der Waals surface area contributed by atoms with Crippen LogP contribution < -0.4 is 20.1 Å². The molecular weight excluding hydrogens is 332 g/mol. The number of ether oxygens (including phenoxy) is 2. The summed E-state index contributed by atoms with van der Waals surface area (Å²) in [4.78, 5) is 0.675. The monoisotopic (exact) mass is 352 g/mol. The molecule has 2 aromatic rings. The summed E-state index contributed by atoms with van der Waals surface area (Å²) in [6, 6.07) is 14.1. The van der Waals surface area contributed by atoms with Crippen molar-refractivity contribution in [3.05, 3.63) is 59.7 Å². The number of hydrogen-bond acceptors (Lipinski definition) is 4. The molecule has 4 rings (SSSR count).